The second-order valence-corrected chi connectivity index (χ2v) is 14.1. The van der Waals surface area contributed by atoms with Crippen molar-refractivity contribution < 1.29 is 23.7 Å². The third kappa shape index (κ3) is 6.84. The summed E-state index contributed by atoms with van der Waals surface area (Å²) in [5, 5.41) is 11.1. The number of ether oxygens (including phenoxy) is 3. The van der Waals surface area contributed by atoms with Crippen molar-refractivity contribution in [3.63, 3.8) is 0 Å². The molecule has 0 fully saturated rings. The molecule has 0 amide bonds. The van der Waals surface area contributed by atoms with Gasteiger partial charge in [0.15, 0.2) is 19.8 Å². The van der Waals surface area contributed by atoms with Gasteiger partial charge in [-0.25, -0.2) is 0 Å². The maximum atomic E-state index is 11.1. The molecule has 0 heterocycles. The number of benzene rings is 1. The van der Waals surface area contributed by atoms with Crippen LogP contribution in [0.25, 0.3) is 0 Å². The summed E-state index contributed by atoms with van der Waals surface area (Å²) in [5.74, 6) is 1.26. The fraction of sp³-hybridized carbons (Fsp3) is 0.667. The summed E-state index contributed by atoms with van der Waals surface area (Å²) in [6.45, 7) is 19.4. The van der Waals surface area contributed by atoms with E-state index in [9.17, 15) is 5.11 Å². The molecule has 1 aromatic carbocycles. The van der Waals surface area contributed by atoms with Crippen molar-refractivity contribution in [1.82, 2.24) is 0 Å². The Kier molecular flexibility index (Phi) is 10.1. The number of hydrogen-bond donors (Lipinski definition) is 1. The molecule has 0 aliphatic rings. The first kappa shape index (κ1) is 26.7. The molecule has 0 aliphatic carbocycles. The van der Waals surface area contributed by atoms with Crippen LogP contribution in [-0.4, -0.2) is 46.0 Å². The molecule has 6 heteroatoms. The van der Waals surface area contributed by atoms with Gasteiger partial charge in [-0.2, -0.15) is 0 Å². The van der Waals surface area contributed by atoms with Gasteiger partial charge >= 0.3 is 0 Å². The lowest BCUT2D eigenvalue weighted by molar-refractivity contribution is -0.0659. The van der Waals surface area contributed by atoms with E-state index in [2.05, 4.69) is 47.4 Å². The lowest BCUT2D eigenvalue weighted by atomic mass is 9.92. The van der Waals surface area contributed by atoms with E-state index in [0.717, 1.165) is 12.0 Å². The summed E-state index contributed by atoms with van der Waals surface area (Å²) in [7, 11) is 1.20. The minimum atomic E-state index is -2.03. The van der Waals surface area contributed by atoms with Crippen molar-refractivity contribution in [3.05, 3.63) is 36.4 Å². The zero-order chi connectivity index (χ0) is 23.1. The average molecular weight is 439 g/mol. The van der Waals surface area contributed by atoms with Crippen LogP contribution in [0.2, 0.25) is 18.1 Å². The molecule has 0 unspecified atom stereocenters. The Hall–Kier alpha value is -1.34. The van der Waals surface area contributed by atoms with Crippen molar-refractivity contribution in [3.8, 4) is 11.5 Å². The van der Waals surface area contributed by atoms with Crippen LogP contribution in [0.15, 0.2) is 30.9 Å². The highest BCUT2D eigenvalue weighted by atomic mass is 28.4. The lowest BCUT2D eigenvalue weighted by Gasteiger charge is -2.41. The van der Waals surface area contributed by atoms with Gasteiger partial charge < -0.3 is 23.7 Å². The summed E-state index contributed by atoms with van der Waals surface area (Å²) in [6.07, 6.45) is 1.29. The van der Waals surface area contributed by atoms with E-state index < -0.39 is 20.5 Å². The number of methoxy groups -OCH3 is 2. The highest BCUT2D eigenvalue weighted by molar-refractivity contribution is 6.74. The van der Waals surface area contributed by atoms with Crippen LogP contribution in [0, 0.1) is 5.92 Å². The van der Waals surface area contributed by atoms with Crippen LogP contribution in [0.1, 0.15) is 46.6 Å². The van der Waals surface area contributed by atoms with E-state index in [1.807, 2.05) is 25.1 Å². The van der Waals surface area contributed by atoms with Gasteiger partial charge in [-0.3, -0.25) is 0 Å². The average Bonchev–Trinajstić information content (AvgIpc) is 2.70. The van der Waals surface area contributed by atoms with Crippen LogP contribution in [0.3, 0.4) is 0 Å². The maximum Gasteiger partial charge on any atom is 0.193 e. The van der Waals surface area contributed by atoms with Gasteiger partial charge in [0, 0.05) is 5.92 Å². The van der Waals surface area contributed by atoms with E-state index in [1.165, 1.54) is 0 Å². The highest BCUT2D eigenvalue weighted by Gasteiger charge is 2.41. The first-order valence-corrected chi connectivity index (χ1v) is 13.6. The lowest BCUT2D eigenvalue weighted by Crippen LogP contribution is -2.49. The smallest absolute Gasteiger partial charge is 0.193 e. The predicted octanol–water partition coefficient (Wildman–Crippen LogP) is 5.57. The number of aliphatic hydroxyl groups excluding tert-OH is 1. The highest BCUT2D eigenvalue weighted by Crippen LogP contribution is 2.38. The Morgan fingerprint density at radius 1 is 1.13 bits per heavy atom. The van der Waals surface area contributed by atoms with Crippen molar-refractivity contribution in [1.29, 1.82) is 0 Å². The predicted molar refractivity (Wildman–Crippen MR) is 126 cm³/mol. The molecule has 0 aromatic heterocycles. The monoisotopic (exact) mass is 438 g/mol. The molecule has 0 radical (unpaired) electrons. The standard InChI is InChI=1S/C24H42O5Si/c1-11-19(28-16-18-13-14-21(26-7)22(15-18)27-8)17(3)23(25)20(12-2)29-30(9,10)24(4,5)6/h12-15,17,19-20,23,25H,2,11,16H2,1,3-10H3/t17-,19-,20+,23+/m1/s1. The van der Waals surface area contributed by atoms with E-state index >= 15 is 0 Å². The number of aliphatic hydroxyl groups is 1. The summed E-state index contributed by atoms with van der Waals surface area (Å²) in [6, 6.07) is 5.75. The van der Waals surface area contributed by atoms with Crippen molar-refractivity contribution in [2.45, 2.75) is 84.1 Å². The molecular weight excluding hydrogens is 396 g/mol. The van der Waals surface area contributed by atoms with Crippen molar-refractivity contribution in [2.24, 2.45) is 5.92 Å². The SMILES string of the molecule is C=C[C@H](O[Si](C)(C)C(C)(C)C)[C@@H](O)[C@H](C)[C@@H](CC)OCc1ccc(OC)c(OC)c1. The number of rotatable bonds is 12. The molecule has 0 aliphatic heterocycles. The van der Waals surface area contributed by atoms with E-state index in [4.69, 9.17) is 18.6 Å². The van der Waals surface area contributed by atoms with Gasteiger partial charge in [0.25, 0.3) is 0 Å². The zero-order valence-electron chi connectivity index (χ0n) is 20.3. The summed E-state index contributed by atoms with van der Waals surface area (Å²) < 4.78 is 23.3. The molecule has 0 saturated carbocycles. The van der Waals surface area contributed by atoms with Crippen LogP contribution in [-0.2, 0) is 15.8 Å². The molecule has 30 heavy (non-hydrogen) atoms. The van der Waals surface area contributed by atoms with Crippen molar-refractivity contribution in [2.75, 3.05) is 14.2 Å². The van der Waals surface area contributed by atoms with Gasteiger partial charge in [0.05, 0.1) is 39.1 Å². The largest absolute Gasteiger partial charge is 0.493 e. The van der Waals surface area contributed by atoms with Crippen LogP contribution in [0.4, 0.5) is 0 Å². The Morgan fingerprint density at radius 2 is 1.73 bits per heavy atom. The Bertz CT molecular complexity index is 668. The molecule has 1 aromatic rings. The molecule has 0 spiro atoms. The van der Waals surface area contributed by atoms with Gasteiger partial charge in [-0.1, -0.05) is 46.8 Å². The molecule has 0 bridgehead atoms. The fourth-order valence-electron chi connectivity index (χ4n) is 3.11. The molecular formula is C24H42O5Si. The third-order valence-corrected chi connectivity index (χ3v) is 10.7. The minimum absolute atomic E-state index is 0.0608. The summed E-state index contributed by atoms with van der Waals surface area (Å²) in [5.41, 5.74) is 0.991. The second-order valence-electron chi connectivity index (χ2n) is 9.38. The summed E-state index contributed by atoms with van der Waals surface area (Å²) >= 11 is 0. The molecule has 1 N–H and O–H groups in total. The van der Waals surface area contributed by atoms with Gasteiger partial charge in [-0.05, 0) is 42.2 Å². The van der Waals surface area contributed by atoms with E-state index in [1.54, 1.807) is 20.3 Å². The normalized spacial score (nSPS) is 16.5. The molecule has 0 saturated heterocycles. The first-order chi connectivity index (χ1) is 13.9. The minimum Gasteiger partial charge on any atom is -0.493 e. The van der Waals surface area contributed by atoms with Gasteiger partial charge in [-0.15, -0.1) is 6.58 Å². The molecule has 5 nitrogen and oxygen atoms in total. The van der Waals surface area contributed by atoms with Crippen molar-refractivity contribution >= 4 is 8.32 Å². The van der Waals surface area contributed by atoms with Gasteiger partial charge in [0.2, 0.25) is 0 Å². The van der Waals surface area contributed by atoms with Crippen LogP contribution < -0.4 is 9.47 Å². The zero-order valence-corrected chi connectivity index (χ0v) is 21.3. The Labute approximate surface area is 184 Å². The van der Waals surface area contributed by atoms with Gasteiger partial charge in [0.1, 0.15) is 0 Å². The van der Waals surface area contributed by atoms with Crippen LogP contribution in [0.5, 0.6) is 11.5 Å². The topological polar surface area (TPSA) is 57.2 Å². The fourth-order valence-corrected chi connectivity index (χ4v) is 4.38. The molecule has 1 rings (SSSR count). The maximum absolute atomic E-state index is 11.1. The van der Waals surface area contributed by atoms with E-state index in [0.29, 0.717) is 18.1 Å². The Morgan fingerprint density at radius 3 is 2.20 bits per heavy atom. The second kappa shape index (κ2) is 11.3. The summed E-state index contributed by atoms with van der Waals surface area (Å²) in [4.78, 5) is 0. The third-order valence-electron chi connectivity index (χ3n) is 6.25. The van der Waals surface area contributed by atoms with Crippen LogP contribution >= 0.6 is 0 Å². The molecule has 172 valence electrons. The number of hydrogen-bond acceptors (Lipinski definition) is 5. The quantitative estimate of drug-likeness (QED) is 0.341. The Balaban J connectivity index is 2.85. The first-order valence-electron chi connectivity index (χ1n) is 10.7. The van der Waals surface area contributed by atoms with E-state index in [-0.39, 0.29) is 17.1 Å². The molecule has 4 atom stereocenters.